The molecular formula is C13H20ClN3O. The molecule has 0 N–H and O–H groups in total. The number of halogens is 1. The lowest BCUT2D eigenvalue weighted by Crippen LogP contribution is -2.42. The Morgan fingerprint density at radius 2 is 2.22 bits per heavy atom. The van der Waals surface area contributed by atoms with Crippen molar-refractivity contribution in [1.29, 1.82) is 0 Å². The summed E-state index contributed by atoms with van der Waals surface area (Å²) in [6.07, 6.45) is 5.33. The van der Waals surface area contributed by atoms with Gasteiger partial charge in [0.2, 0.25) is 5.88 Å². The number of anilines is 1. The number of rotatable bonds is 6. The lowest BCUT2D eigenvalue weighted by Gasteiger charge is -2.38. The molecule has 4 nitrogen and oxygen atoms in total. The van der Waals surface area contributed by atoms with Crippen LogP contribution in [0.25, 0.3) is 0 Å². The van der Waals surface area contributed by atoms with Crippen molar-refractivity contribution in [3.63, 3.8) is 0 Å². The summed E-state index contributed by atoms with van der Waals surface area (Å²) in [6.45, 7) is 5.43. The van der Waals surface area contributed by atoms with Crippen LogP contribution in [0.3, 0.4) is 0 Å². The van der Waals surface area contributed by atoms with Crippen molar-refractivity contribution in [3.8, 4) is 5.88 Å². The predicted octanol–water partition coefficient (Wildman–Crippen LogP) is 2.78. The number of alkyl halides is 1. The molecular weight excluding hydrogens is 250 g/mol. The summed E-state index contributed by atoms with van der Waals surface area (Å²) in [5.41, 5.74) is 1.01. The molecule has 5 heteroatoms. The zero-order chi connectivity index (χ0) is 13.0. The van der Waals surface area contributed by atoms with Crippen LogP contribution < -0.4 is 9.64 Å². The van der Waals surface area contributed by atoms with Crippen molar-refractivity contribution >= 4 is 17.4 Å². The third-order valence-electron chi connectivity index (χ3n) is 3.41. The van der Waals surface area contributed by atoms with Gasteiger partial charge in [-0.2, -0.15) is 0 Å². The summed E-state index contributed by atoms with van der Waals surface area (Å²) in [6, 6.07) is 0.576. The molecule has 18 heavy (non-hydrogen) atoms. The summed E-state index contributed by atoms with van der Waals surface area (Å²) in [4.78, 5) is 10.9. The maximum absolute atomic E-state index is 5.91. The molecule has 1 fully saturated rings. The van der Waals surface area contributed by atoms with Gasteiger partial charge in [0.25, 0.3) is 0 Å². The molecule has 1 aliphatic rings. The SMILES string of the molecule is CCOc1ncnc(N(CCCl)C2CCC2)c1C. The highest BCUT2D eigenvalue weighted by Gasteiger charge is 2.27. The fourth-order valence-electron chi connectivity index (χ4n) is 2.25. The molecule has 1 saturated carbocycles. The first kappa shape index (κ1) is 13.4. The van der Waals surface area contributed by atoms with Crippen molar-refractivity contribution < 1.29 is 4.74 Å². The Bertz CT molecular complexity index is 396. The van der Waals surface area contributed by atoms with Crippen LogP contribution in [0.1, 0.15) is 31.7 Å². The highest BCUT2D eigenvalue weighted by atomic mass is 35.5. The molecule has 0 aliphatic heterocycles. The topological polar surface area (TPSA) is 38.3 Å². The molecule has 100 valence electrons. The Kier molecular flexibility index (Phi) is 4.64. The van der Waals surface area contributed by atoms with Gasteiger partial charge >= 0.3 is 0 Å². The standard InChI is InChI=1S/C13H20ClN3O/c1-3-18-13-10(2)12(15-9-16-13)17(8-7-14)11-5-4-6-11/h9,11H,3-8H2,1-2H3. The zero-order valence-electron chi connectivity index (χ0n) is 11.0. The van der Waals surface area contributed by atoms with E-state index >= 15 is 0 Å². The van der Waals surface area contributed by atoms with Gasteiger partial charge < -0.3 is 9.64 Å². The molecule has 1 heterocycles. The van der Waals surface area contributed by atoms with Crippen LogP contribution in [-0.4, -0.2) is 35.0 Å². The van der Waals surface area contributed by atoms with Gasteiger partial charge in [-0.15, -0.1) is 11.6 Å². The van der Waals surface area contributed by atoms with Crippen LogP contribution in [0, 0.1) is 6.92 Å². The Labute approximate surface area is 113 Å². The summed E-state index contributed by atoms with van der Waals surface area (Å²) >= 11 is 5.91. The second kappa shape index (κ2) is 6.23. The van der Waals surface area contributed by atoms with Gasteiger partial charge in [0, 0.05) is 18.5 Å². The molecule has 2 rings (SSSR count). The van der Waals surface area contributed by atoms with Gasteiger partial charge in [-0.1, -0.05) is 0 Å². The van der Waals surface area contributed by atoms with E-state index in [9.17, 15) is 0 Å². The Balaban J connectivity index is 2.25. The number of hydrogen-bond acceptors (Lipinski definition) is 4. The normalized spacial score (nSPS) is 15.3. The highest BCUT2D eigenvalue weighted by molar-refractivity contribution is 6.18. The molecule has 0 aromatic carbocycles. The van der Waals surface area contributed by atoms with Gasteiger partial charge in [0.1, 0.15) is 12.1 Å². The average Bonchev–Trinajstić information content (AvgIpc) is 2.29. The Hall–Kier alpha value is -1.03. The monoisotopic (exact) mass is 269 g/mol. The first-order chi connectivity index (χ1) is 8.77. The predicted molar refractivity (Wildman–Crippen MR) is 73.6 cm³/mol. The first-order valence-electron chi connectivity index (χ1n) is 6.55. The third kappa shape index (κ3) is 2.69. The lowest BCUT2D eigenvalue weighted by atomic mass is 9.91. The largest absolute Gasteiger partial charge is 0.478 e. The summed E-state index contributed by atoms with van der Waals surface area (Å²) in [5.74, 6) is 2.27. The van der Waals surface area contributed by atoms with Gasteiger partial charge in [-0.05, 0) is 33.1 Å². The van der Waals surface area contributed by atoms with Crippen LogP contribution in [0.4, 0.5) is 5.82 Å². The number of nitrogens with zero attached hydrogens (tertiary/aromatic N) is 3. The molecule has 0 unspecified atom stereocenters. The van der Waals surface area contributed by atoms with Crippen molar-refractivity contribution in [3.05, 3.63) is 11.9 Å². The maximum atomic E-state index is 5.91. The van der Waals surface area contributed by atoms with E-state index in [-0.39, 0.29) is 0 Å². The van der Waals surface area contributed by atoms with Crippen LogP contribution in [0.5, 0.6) is 5.88 Å². The van der Waals surface area contributed by atoms with E-state index in [2.05, 4.69) is 14.9 Å². The molecule has 0 saturated heterocycles. The van der Waals surface area contributed by atoms with Crippen molar-refractivity contribution in [2.45, 2.75) is 39.2 Å². The number of aromatic nitrogens is 2. The van der Waals surface area contributed by atoms with Crippen LogP contribution >= 0.6 is 11.6 Å². The van der Waals surface area contributed by atoms with Gasteiger partial charge in [0.15, 0.2) is 0 Å². The number of hydrogen-bond donors (Lipinski definition) is 0. The first-order valence-corrected chi connectivity index (χ1v) is 7.08. The maximum Gasteiger partial charge on any atom is 0.221 e. The van der Waals surface area contributed by atoms with Crippen molar-refractivity contribution in [1.82, 2.24) is 9.97 Å². The quantitative estimate of drug-likeness (QED) is 0.745. The summed E-state index contributed by atoms with van der Waals surface area (Å²) < 4.78 is 5.53. The van der Waals surface area contributed by atoms with E-state index in [1.54, 1.807) is 6.33 Å². The summed E-state index contributed by atoms with van der Waals surface area (Å²) in [5, 5.41) is 0. The minimum absolute atomic E-state index is 0.576. The fourth-order valence-corrected chi connectivity index (χ4v) is 2.43. The molecule has 1 aromatic rings. The summed E-state index contributed by atoms with van der Waals surface area (Å²) in [7, 11) is 0. The van der Waals surface area contributed by atoms with E-state index in [1.807, 2.05) is 13.8 Å². The van der Waals surface area contributed by atoms with E-state index in [0.29, 0.717) is 24.4 Å². The molecule has 0 radical (unpaired) electrons. The lowest BCUT2D eigenvalue weighted by molar-refractivity contribution is 0.322. The Morgan fingerprint density at radius 1 is 1.44 bits per heavy atom. The molecule has 1 aromatic heterocycles. The smallest absolute Gasteiger partial charge is 0.221 e. The van der Waals surface area contributed by atoms with E-state index in [1.165, 1.54) is 19.3 Å². The van der Waals surface area contributed by atoms with Gasteiger partial charge in [-0.3, -0.25) is 0 Å². The molecule has 0 bridgehead atoms. The second-order valence-corrected chi connectivity index (χ2v) is 4.91. The minimum Gasteiger partial charge on any atom is -0.478 e. The highest BCUT2D eigenvalue weighted by Crippen LogP contribution is 2.32. The van der Waals surface area contributed by atoms with Crippen LogP contribution in [-0.2, 0) is 0 Å². The number of ether oxygens (including phenoxy) is 1. The second-order valence-electron chi connectivity index (χ2n) is 4.53. The zero-order valence-corrected chi connectivity index (χ0v) is 11.8. The van der Waals surface area contributed by atoms with Crippen molar-refractivity contribution in [2.24, 2.45) is 0 Å². The molecule has 0 atom stereocenters. The van der Waals surface area contributed by atoms with E-state index in [0.717, 1.165) is 17.9 Å². The molecule has 0 spiro atoms. The Morgan fingerprint density at radius 3 is 2.78 bits per heavy atom. The van der Waals surface area contributed by atoms with E-state index < -0.39 is 0 Å². The molecule has 1 aliphatic carbocycles. The minimum atomic E-state index is 0.576. The van der Waals surface area contributed by atoms with E-state index in [4.69, 9.17) is 16.3 Å². The van der Waals surface area contributed by atoms with Crippen molar-refractivity contribution in [2.75, 3.05) is 23.9 Å². The van der Waals surface area contributed by atoms with Gasteiger partial charge in [-0.25, -0.2) is 9.97 Å². The third-order valence-corrected chi connectivity index (χ3v) is 3.57. The van der Waals surface area contributed by atoms with Crippen LogP contribution in [0.15, 0.2) is 6.33 Å². The van der Waals surface area contributed by atoms with Crippen LogP contribution in [0.2, 0.25) is 0 Å². The average molecular weight is 270 g/mol. The molecule has 0 amide bonds. The van der Waals surface area contributed by atoms with Gasteiger partial charge in [0.05, 0.1) is 12.2 Å². The fraction of sp³-hybridized carbons (Fsp3) is 0.692.